The van der Waals surface area contributed by atoms with Gasteiger partial charge in [0.2, 0.25) is 0 Å². The van der Waals surface area contributed by atoms with Crippen LogP contribution in [0.5, 0.6) is 0 Å². The third-order valence-corrected chi connectivity index (χ3v) is 2.99. The fourth-order valence-corrected chi connectivity index (χ4v) is 1.93. The van der Waals surface area contributed by atoms with Gasteiger partial charge in [-0.2, -0.15) is 0 Å². The Hall–Kier alpha value is -0.200. The molecule has 0 amide bonds. The van der Waals surface area contributed by atoms with E-state index in [0.717, 1.165) is 65.6 Å². The van der Waals surface area contributed by atoms with E-state index < -0.39 is 0 Å². The molecular formula is C13H28N2O3. The minimum absolute atomic E-state index is 0.785. The van der Waals surface area contributed by atoms with Crippen molar-refractivity contribution in [3.05, 3.63) is 0 Å². The molecule has 1 rings (SSSR count). The van der Waals surface area contributed by atoms with Gasteiger partial charge in [0, 0.05) is 40.0 Å². The maximum absolute atomic E-state index is 5.46. The van der Waals surface area contributed by atoms with Gasteiger partial charge in [-0.3, -0.25) is 4.90 Å². The minimum Gasteiger partial charge on any atom is -0.385 e. The molecule has 0 spiro atoms. The van der Waals surface area contributed by atoms with Gasteiger partial charge in [0.05, 0.1) is 19.8 Å². The molecule has 1 aliphatic heterocycles. The molecule has 0 aliphatic carbocycles. The number of nitrogens with one attached hydrogen (secondary N) is 1. The lowest BCUT2D eigenvalue weighted by Crippen LogP contribution is -2.37. The van der Waals surface area contributed by atoms with Gasteiger partial charge in [-0.25, -0.2) is 0 Å². The van der Waals surface area contributed by atoms with E-state index in [-0.39, 0.29) is 0 Å². The molecule has 1 saturated heterocycles. The highest BCUT2D eigenvalue weighted by atomic mass is 16.5. The summed E-state index contributed by atoms with van der Waals surface area (Å²) in [5, 5.41) is 3.40. The number of morpholine rings is 1. The molecule has 0 saturated carbocycles. The average Bonchev–Trinajstić information content (AvgIpc) is 2.42. The Morgan fingerprint density at radius 2 is 1.89 bits per heavy atom. The molecule has 0 atom stereocenters. The Kier molecular flexibility index (Phi) is 10.5. The van der Waals surface area contributed by atoms with Crippen LogP contribution in [0, 0.1) is 0 Å². The van der Waals surface area contributed by atoms with E-state index >= 15 is 0 Å². The van der Waals surface area contributed by atoms with Gasteiger partial charge in [0.25, 0.3) is 0 Å². The molecule has 1 fully saturated rings. The van der Waals surface area contributed by atoms with Crippen molar-refractivity contribution in [3.63, 3.8) is 0 Å². The van der Waals surface area contributed by atoms with Crippen LogP contribution >= 0.6 is 0 Å². The van der Waals surface area contributed by atoms with Gasteiger partial charge in [0.15, 0.2) is 0 Å². The van der Waals surface area contributed by atoms with Crippen LogP contribution in [0.2, 0.25) is 0 Å². The molecule has 5 heteroatoms. The Morgan fingerprint density at radius 1 is 1.06 bits per heavy atom. The number of hydrogen-bond acceptors (Lipinski definition) is 5. The van der Waals surface area contributed by atoms with E-state index in [1.165, 1.54) is 13.0 Å². The summed E-state index contributed by atoms with van der Waals surface area (Å²) in [7, 11) is 1.72. The third-order valence-electron chi connectivity index (χ3n) is 2.99. The highest BCUT2D eigenvalue weighted by Gasteiger charge is 2.08. The highest BCUT2D eigenvalue weighted by Crippen LogP contribution is 1.97. The Balaban J connectivity index is 1.73. The Morgan fingerprint density at radius 3 is 2.67 bits per heavy atom. The predicted molar refractivity (Wildman–Crippen MR) is 72.1 cm³/mol. The summed E-state index contributed by atoms with van der Waals surface area (Å²) < 4.78 is 15.7. The third kappa shape index (κ3) is 8.83. The van der Waals surface area contributed by atoms with Crippen molar-refractivity contribution in [2.75, 3.05) is 72.9 Å². The van der Waals surface area contributed by atoms with Gasteiger partial charge in [-0.05, 0) is 25.9 Å². The first-order valence-electron chi connectivity index (χ1n) is 7.01. The van der Waals surface area contributed by atoms with Crippen LogP contribution in [0.1, 0.15) is 12.8 Å². The zero-order chi connectivity index (χ0) is 12.9. The summed E-state index contributed by atoms with van der Waals surface area (Å²) in [6.07, 6.45) is 2.18. The maximum Gasteiger partial charge on any atom is 0.0594 e. The predicted octanol–water partition coefficient (Wildman–Crippen LogP) is 0.351. The summed E-state index contributed by atoms with van der Waals surface area (Å²) in [6, 6.07) is 0. The molecule has 0 aromatic carbocycles. The lowest BCUT2D eigenvalue weighted by atomic mass is 10.3. The molecule has 0 radical (unpaired) electrons. The number of methoxy groups -OCH3 is 1. The van der Waals surface area contributed by atoms with Crippen LogP contribution in [0.4, 0.5) is 0 Å². The average molecular weight is 260 g/mol. The van der Waals surface area contributed by atoms with Gasteiger partial charge in [-0.1, -0.05) is 0 Å². The molecule has 0 unspecified atom stereocenters. The van der Waals surface area contributed by atoms with Gasteiger partial charge >= 0.3 is 0 Å². The molecule has 1 heterocycles. The quantitative estimate of drug-likeness (QED) is 0.543. The smallest absolute Gasteiger partial charge is 0.0594 e. The summed E-state index contributed by atoms with van der Waals surface area (Å²) in [5.74, 6) is 0. The van der Waals surface area contributed by atoms with Crippen molar-refractivity contribution < 1.29 is 14.2 Å². The largest absolute Gasteiger partial charge is 0.385 e. The van der Waals surface area contributed by atoms with Crippen LogP contribution in [0.3, 0.4) is 0 Å². The van der Waals surface area contributed by atoms with Crippen LogP contribution < -0.4 is 5.32 Å². The fourth-order valence-electron chi connectivity index (χ4n) is 1.93. The second kappa shape index (κ2) is 11.9. The normalized spacial score (nSPS) is 17.2. The zero-order valence-electron chi connectivity index (χ0n) is 11.7. The van der Waals surface area contributed by atoms with Gasteiger partial charge in [-0.15, -0.1) is 0 Å². The van der Waals surface area contributed by atoms with E-state index in [1.54, 1.807) is 7.11 Å². The SMILES string of the molecule is COCCCOCCNCCCN1CCOCC1. The number of rotatable bonds is 11. The van der Waals surface area contributed by atoms with Crippen molar-refractivity contribution in [1.29, 1.82) is 0 Å². The first kappa shape index (κ1) is 15.9. The van der Waals surface area contributed by atoms with Crippen molar-refractivity contribution in [3.8, 4) is 0 Å². The molecule has 0 bridgehead atoms. The van der Waals surface area contributed by atoms with E-state index in [0.29, 0.717) is 0 Å². The molecule has 1 aliphatic rings. The molecule has 5 nitrogen and oxygen atoms in total. The molecule has 18 heavy (non-hydrogen) atoms. The van der Waals surface area contributed by atoms with Crippen molar-refractivity contribution in [2.24, 2.45) is 0 Å². The van der Waals surface area contributed by atoms with Crippen LogP contribution in [-0.2, 0) is 14.2 Å². The van der Waals surface area contributed by atoms with Crippen LogP contribution in [0.15, 0.2) is 0 Å². The first-order chi connectivity index (χ1) is 8.93. The van der Waals surface area contributed by atoms with E-state index in [4.69, 9.17) is 14.2 Å². The van der Waals surface area contributed by atoms with E-state index in [1.807, 2.05) is 0 Å². The summed E-state index contributed by atoms with van der Waals surface area (Å²) in [4.78, 5) is 2.46. The molecule has 0 aromatic rings. The monoisotopic (exact) mass is 260 g/mol. The molecular weight excluding hydrogens is 232 g/mol. The number of hydrogen-bond donors (Lipinski definition) is 1. The Bertz CT molecular complexity index is 176. The summed E-state index contributed by atoms with van der Waals surface area (Å²) in [6.45, 7) is 9.51. The topological polar surface area (TPSA) is 43.0 Å². The lowest BCUT2D eigenvalue weighted by Gasteiger charge is -2.26. The standard InChI is InChI=1S/C13H28N2O3/c1-16-9-3-10-17-11-5-14-4-2-6-15-7-12-18-13-8-15/h14H,2-13H2,1H3. The Labute approximate surface area is 111 Å². The van der Waals surface area contributed by atoms with E-state index in [2.05, 4.69) is 10.2 Å². The zero-order valence-corrected chi connectivity index (χ0v) is 11.7. The van der Waals surface area contributed by atoms with E-state index in [9.17, 15) is 0 Å². The fraction of sp³-hybridized carbons (Fsp3) is 1.00. The number of nitrogens with zero attached hydrogens (tertiary/aromatic N) is 1. The minimum atomic E-state index is 0.785. The second-order valence-electron chi connectivity index (χ2n) is 4.52. The molecule has 108 valence electrons. The highest BCUT2D eigenvalue weighted by molar-refractivity contribution is 4.62. The summed E-state index contributed by atoms with van der Waals surface area (Å²) in [5.41, 5.74) is 0. The van der Waals surface area contributed by atoms with Crippen molar-refractivity contribution in [1.82, 2.24) is 10.2 Å². The molecule has 0 aromatic heterocycles. The summed E-state index contributed by atoms with van der Waals surface area (Å²) >= 11 is 0. The number of ether oxygens (including phenoxy) is 3. The van der Waals surface area contributed by atoms with Crippen LogP contribution in [-0.4, -0.2) is 77.8 Å². The van der Waals surface area contributed by atoms with Crippen molar-refractivity contribution in [2.45, 2.75) is 12.8 Å². The second-order valence-corrected chi connectivity index (χ2v) is 4.52. The lowest BCUT2D eigenvalue weighted by molar-refractivity contribution is 0.0374. The van der Waals surface area contributed by atoms with Crippen molar-refractivity contribution >= 4 is 0 Å². The molecule has 1 N–H and O–H groups in total. The first-order valence-corrected chi connectivity index (χ1v) is 7.01. The van der Waals surface area contributed by atoms with Gasteiger partial charge in [0.1, 0.15) is 0 Å². The van der Waals surface area contributed by atoms with Crippen LogP contribution in [0.25, 0.3) is 0 Å². The van der Waals surface area contributed by atoms with Gasteiger partial charge < -0.3 is 19.5 Å². The maximum atomic E-state index is 5.46.